The molecule has 1 N–H and O–H groups in total. The van der Waals surface area contributed by atoms with Crippen LogP contribution in [-0.2, 0) is 0 Å². The molecule has 60 valence electrons. The maximum absolute atomic E-state index is 8.41. The van der Waals surface area contributed by atoms with E-state index in [4.69, 9.17) is 9.84 Å². The summed E-state index contributed by atoms with van der Waals surface area (Å²) in [6, 6.07) is 0. The van der Waals surface area contributed by atoms with Gasteiger partial charge in [-0.05, 0) is 6.92 Å². The lowest BCUT2D eigenvalue weighted by molar-refractivity contribution is 0.196. The Labute approximate surface area is 64.9 Å². The molecule has 0 atom stereocenters. The number of hydrogen-bond acceptors (Lipinski definition) is 4. The SMILES string of the molecule is Cc1cnc(OCCO)cn1. The third-order valence-electron chi connectivity index (χ3n) is 1.10. The number of hydrogen-bond donors (Lipinski definition) is 1. The van der Waals surface area contributed by atoms with Crippen LogP contribution in [0.15, 0.2) is 12.4 Å². The van der Waals surface area contributed by atoms with E-state index in [9.17, 15) is 0 Å². The Morgan fingerprint density at radius 2 is 2.27 bits per heavy atom. The quantitative estimate of drug-likeness (QED) is 0.673. The lowest BCUT2D eigenvalue weighted by Gasteiger charge is -2.00. The molecule has 1 aromatic heterocycles. The predicted molar refractivity (Wildman–Crippen MR) is 39.3 cm³/mol. The Morgan fingerprint density at radius 1 is 1.45 bits per heavy atom. The molecule has 0 aliphatic rings. The van der Waals surface area contributed by atoms with Gasteiger partial charge in [-0.2, -0.15) is 0 Å². The minimum Gasteiger partial charge on any atom is -0.474 e. The van der Waals surface area contributed by atoms with Crippen molar-refractivity contribution in [3.8, 4) is 5.88 Å². The molecule has 4 heteroatoms. The van der Waals surface area contributed by atoms with Gasteiger partial charge in [0.25, 0.3) is 0 Å². The highest BCUT2D eigenvalue weighted by Crippen LogP contribution is 2.01. The van der Waals surface area contributed by atoms with Gasteiger partial charge in [-0.3, -0.25) is 4.98 Å². The molecule has 0 fully saturated rings. The van der Waals surface area contributed by atoms with Crippen LogP contribution in [0.5, 0.6) is 5.88 Å². The van der Waals surface area contributed by atoms with Gasteiger partial charge in [0, 0.05) is 0 Å². The van der Waals surface area contributed by atoms with Crippen LogP contribution in [0.25, 0.3) is 0 Å². The fourth-order valence-corrected chi connectivity index (χ4v) is 0.605. The first kappa shape index (κ1) is 7.94. The van der Waals surface area contributed by atoms with E-state index in [1.807, 2.05) is 6.92 Å². The number of aryl methyl sites for hydroxylation is 1. The Morgan fingerprint density at radius 3 is 2.82 bits per heavy atom. The fourth-order valence-electron chi connectivity index (χ4n) is 0.605. The van der Waals surface area contributed by atoms with Crippen LogP contribution >= 0.6 is 0 Å². The first-order chi connectivity index (χ1) is 5.33. The van der Waals surface area contributed by atoms with E-state index in [0.29, 0.717) is 5.88 Å². The highest BCUT2D eigenvalue weighted by atomic mass is 16.5. The van der Waals surface area contributed by atoms with Crippen LogP contribution in [0, 0.1) is 6.92 Å². The number of aromatic nitrogens is 2. The Bertz CT molecular complexity index is 210. The third-order valence-corrected chi connectivity index (χ3v) is 1.10. The van der Waals surface area contributed by atoms with Crippen LogP contribution in [0.4, 0.5) is 0 Å². The average Bonchev–Trinajstić information content (AvgIpc) is 2.04. The van der Waals surface area contributed by atoms with Crippen LogP contribution in [0.3, 0.4) is 0 Å². The number of ether oxygens (including phenoxy) is 1. The van der Waals surface area contributed by atoms with Crippen LogP contribution in [0.2, 0.25) is 0 Å². The van der Waals surface area contributed by atoms with Crippen LogP contribution in [0.1, 0.15) is 5.69 Å². The highest BCUT2D eigenvalue weighted by molar-refractivity contribution is 5.05. The maximum Gasteiger partial charge on any atom is 0.232 e. The normalized spacial score (nSPS) is 9.64. The van der Waals surface area contributed by atoms with Gasteiger partial charge < -0.3 is 9.84 Å². The number of rotatable bonds is 3. The van der Waals surface area contributed by atoms with Gasteiger partial charge in [-0.1, -0.05) is 0 Å². The van der Waals surface area contributed by atoms with E-state index < -0.39 is 0 Å². The molecular formula is C7H10N2O2. The summed E-state index contributed by atoms with van der Waals surface area (Å²) in [5.74, 6) is 0.449. The average molecular weight is 154 g/mol. The lowest BCUT2D eigenvalue weighted by Crippen LogP contribution is -2.03. The summed E-state index contributed by atoms with van der Waals surface area (Å²) in [6.07, 6.45) is 3.15. The second-order valence-electron chi connectivity index (χ2n) is 2.07. The topological polar surface area (TPSA) is 55.2 Å². The standard InChI is InChI=1S/C7H10N2O2/c1-6-4-9-7(5-8-6)11-3-2-10/h4-5,10H,2-3H2,1H3. The monoisotopic (exact) mass is 154 g/mol. The summed E-state index contributed by atoms with van der Waals surface area (Å²) in [7, 11) is 0. The molecule has 0 amide bonds. The largest absolute Gasteiger partial charge is 0.474 e. The molecule has 0 bridgehead atoms. The van der Waals surface area contributed by atoms with Crippen molar-refractivity contribution in [2.45, 2.75) is 6.92 Å². The van der Waals surface area contributed by atoms with Crippen molar-refractivity contribution >= 4 is 0 Å². The summed E-state index contributed by atoms with van der Waals surface area (Å²) in [4.78, 5) is 7.88. The highest BCUT2D eigenvalue weighted by Gasteiger charge is 1.92. The van der Waals surface area contributed by atoms with E-state index in [1.54, 1.807) is 6.20 Å². The van der Waals surface area contributed by atoms with E-state index in [0.717, 1.165) is 5.69 Å². The van der Waals surface area contributed by atoms with Gasteiger partial charge in [0.15, 0.2) is 0 Å². The molecule has 0 saturated heterocycles. The zero-order valence-electron chi connectivity index (χ0n) is 6.32. The molecule has 0 spiro atoms. The molecule has 0 aromatic carbocycles. The first-order valence-corrected chi connectivity index (χ1v) is 3.35. The molecule has 1 rings (SSSR count). The number of aliphatic hydroxyl groups is 1. The molecule has 4 nitrogen and oxygen atoms in total. The Balaban J connectivity index is 2.52. The molecule has 0 aliphatic carbocycles. The Hall–Kier alpha value is -1.16. The minimum absolute atomic E-state index is 0.00441. The number of aliphatic hydroxyl groups excluding tert-OH is 1. The lowest BCUT2D eigenvalue weighted by atomic mass is 10.5. The molecule has 0 unspecified atom stereocenters. The third kappa shape index (κ3) is 2.51. The predicted octanol–water partition coefficient (Wildman–Crippen LogP) is 0.156. The van der Waals surface area contributed by atoms with Gasteiger partial charge in [0.05, 0.1) is 24.7 Å². The maximum atomic E-state index is 8.41. The summed E-state index contributed by atoms with van der Waals surface area (Å²) in [5, 5.41) is 8.41. The van der Waals surface area contributed by atoms with Crippen molar-refractivity contribution in [2.75, 3.05) is 13.2 Å². The zero-order valence-corrected chi connectivity index (χ0v) is 6.32. The molecule has 0 saturated carbocycles. The summed E-state index contributed by atoms with van der Waals surface area (Å²) in [5.41, 5.74) is 0.848. The van der Waals surface area contributed by atoms with Crippen LogP contribution < -0.4 is 4.74 Å². The van der Waals surface area contributed by atoms with Gasteiger partial charge in [0.2, 0.25) is 5.88 Å². The van der Waals surface area contributed by atoms with Gasteiger partial charge in [-0.25, -0.2) is 4.98 Å². The fraction of sp³-hybridized carbons (Fsp3) is 0.429. The van der Waals surface area contributed by atoms with Crippen molar-refractivity contribution in [1.29, 1.82) is 0 Å². The molecule has 1 heterocycles. The minimum atomic E-state index is -0.00441. The van der Waals surface area contributed by atoms with E-state index >= 15 is 0 Å². The molecule has 1 aromatic rings. The summed E-state index contributed by atoms with van der Waals surface area (Å²) >= 11 is 0. The zero-order chi connectivity index (χ0) is 8.10. The van der Waals surface area contributed by atoms with E-state index in [-0.39, 0.29) is 13.2 Å². The Kier molecular flexibility index (Phi) is 2.80. The second-order valence-corrected chi connectivity index (χ2v) is 2.07. The number of nitrogens with zero attached hydrogens (tertiary/aromatic N) is 2. The molecule has 11 heavy (non-hydrogen) atoms. The van der Waals surface area contributed by atoms with E-state index in [1.165, 1.54) is 6.20 Å². The molecule has 0 radical (unpaired) electrons. The van der Waals surface area contributed by atoms with Crippen molar-refractivity contribution in [1.82, 2.24) is 9.97 Å². The first-order valence-electron chi connectivity index (χ1n) is 3.35. The van der Waals surface area contributed by atoms with Crippen molar-refractivity contribution in [3.63, 3.8) is 0 Å². The smallest absolute Gasteiger partial charge is 0.232 e. The second kappa shape index (κ2) is 3.88. The van der Waals surface area contributed by atoms with Gasteiger partial charge >= 0.3 is 0 Å². The van der Waals surface area contributed by atoms with Crippen molar-refractivity contribution in [3.05, 3.63) is 18.1 Å². The van der Waals surface area contributed by atoms with Gasteiger partial charge in [-0.15, -0.1) is 0 Å². The molecular weight excluding hydrogens is 144 g/mol. The van der Waals surface area contributed by atoms with Gasteiger partial charge in [0.1, 0.15) is 6.61 Å². The summed E-state index contributed by atoms with van der Waals surface area (Å²) in [6.45, 7) is 2.11. The van der Waals surface area contributed by atoms with Crippen LogP contribution in [-0.4, -0.2) is 28.3 Å². The van der Waals surface area contributed by atoms with E-state index in [2.05, 4.69) is 9.97 Å². The van der Waals surface area contributed by atoms with Crippen molar-refractivity contribution in [2.24, 2.45) is 0 Å². The van der Waals surface area contributed by atoms with Crippen molar-refractivity contribution < 1.29 is 9.84 Å². The summed E-state index contributed by atoms with van der Waals surface area (Å²) < 4.78 is 4.99. The molecule has 0 aliphatic heterocycles.